The van der Waals surface area contributed by atoms with Gasteiger partial charge in [0.05, 0.1) is 11.8 Å². The first kappa shape index (κ1) is 12.2. The van der Waals surface area contributed by atoms with E-state index in [1.165, 1.54) is 0 Å². The number of hydrogen-bond acceptors (Lipinski definition) is 1. The van der Waals surface area contributed by atoms with E-state index >= 15 is 0 Å². The van der Waals surface area contributed by atoms with Crippen molar-refractivity contribution in [2.45, 2.75) is 6.42 Å². The lowest BCUT2D eigenvalue weighted by molar-refractivity contribution is -0.611. The van der Waals surface area contributed by atoms with Crippen molar-refractivity contribution in [1.82, 2.24) is 0 Å². The molecule has 1 aromatic heterocycles. The highest BCUT2D eigenvalue weighted by Crippen LogP contribution is 2.22. The van der Waals surface area contributed by atoms with Gasteiger partial charge in [-0.25, -0.2) is 0 Å². The van der Waals surface area contributed by atoms with Crippen LogP contribution in [0.2, 0.25) is 0 Å². The predicted octanol–water partition coefficient (Wildman–Crippen LogP) is 3.83. The molecule has 0 atom stereocenters. The molecule has 2 nitrogen and oxygen atoms in total. The van der Waals surface area contributed by atoms with Crippen molar-refractivity contribution in [3.05, 3.63) is 81.7 Å². The Kier molecular flexibility index (Phi) is 3.22. The second-order valence-corrected chi connectivity index (χ2v) is 5.40. The number of aromatic nitrogens is 1. The van der Waals surface area contributed by atoms with Crippen LogP contribution in [0.15, 0.2) is 65.3 Å². The molecule has 2 aromatic carbocycles. The minimum Gasteiger partial charge on any atom is -0.618 e. The number of halogens is 1. The Morgan fingerprint density at radius 3 is 2.58 bits per heavy atom. The van der Waals surface area contributed by atoms with E-state index in [0.29, 0.717) is 6.42 Å². The van der Waals surface area contributed by atoms with Gasteiger partial charge in [-0.3, -0.25) is 0 Å². The standard InChI is InChI=1S/C16H12BrNO/c17-14-6-7-15-13(11-14)8-9-18(19)16(15)10-12-4-2-1-3-5-12/h1-9,11H,10H2. The molecule has 0 radical (unpaired) electrons. The lowest BCUT2D eigenvalue weighted by atomic mass is 10.0. The molecule has 0 aliphatic heterocycles. The predicted molar refractivity (Wildman–Crippen MR) is 79.9 cm³/mol. The molecule has 0 N–H and O–H groups in total. The van der Waals surface area contributed by atoms with Crippen LogP contribution in [0.1, 0.15) is 11.3 Å². The molecule has 0 fully saturated rings. The highest BCUT2D eigenvalue weighted by atomic mass is 79.9. The SMILES string of the molecule is [O-][n+]1ccc2cc(Br)ccc2c1Cc1ccccc1. The zero-order valence-corrected chi connectivity index (χ0v) is 11.8. The van der Waals surface area contributed by atoms with Crippen molar-refractivity contribution in [1.29, 1.82) is 0 Å². The normalized spacial score (nSPS) is 10.8. The van der Waals surface area contributed by atoms with Crippen molar-refractivity contribution in [3.63, 3.8) is 0 Å². The first-order valence-corrected chi connectivity index (χ1v) is 6.87. The van der Waals surface area contributed by atoms with Crippen molar-refractivity contribution < 1.29 is 4.73 Å². The Morgan fingerprint density at radius 1 is 1.00 bits per heavy atom. The largest absolute Gasteiger partial charge is 0.618 e. The molecule has 3 aromatic rings. The summed E-state index contributed by atoms with van der Waals surface area (Å²) in [5.41, 5.74) is 1.93. The van der Waals surface area contributed by atoms with Gasteiger partial charge in [-0.2, -0.15) is 4.73 Å². The molecular formula is C16H12BrNO. The van der Waals surface area contributed by atoms with Crippen molar-refractivity contribution in [2.75, 3.05) is 0 Å². The van der Waals surface area contributed by atoms with Gasteiger partial charge in [0.25, 0.3) is 0 Å². The zero-order valence-electron chi connectivity index (χ0n) is 10.2. The summed E-state index contributed by atoms with van der Waals surface area (Å²) < 4.78 is 1.98. The maximum absolute atomic E-state index is 12.0. The molecule has 0 saturated heterocycles. The highest BCUT2D eigenvalue weighted by Gasteiger charge is 2.12. The average molecular weight is 314 g/mol. The molecule has 0 unspecified atom stereocenters. The first-order valence-electron chi connectivity index (χ1n) is 6.08. The van der Waals surface area contributed by atoms with Crippen LogP contribution in [-0.4, -0.2) is 0 Å². The summed E-state index contributed by atoms with van der Waals surface area (Å²) in [6.07, 6.45) is 2.22. The molecule has 19 heavy (non-hydrogen) atoms. The highest BCUT2D eigenvalue weighted by molar-refractivity contribution is 9.10. The Balaban J connectivity index is 2.14. The minimum atomic E-state index is 0.642. The lowest BCUT2D eigenvalue weighted by Crippen LogP contribution is -2.31. The number of benzene rings is 2. The topological polar surface area (TPSA) is 26.9 Å². The van der Waals surface area contributed by atoms with Crippen LogP contribution in [0.5, 0.6) is 0 Å². The van der Waals surface area contributed by atoms with E-state index in [4.69, 9.17) is 0 Å². The van der Waals surface area contributed by atoms with Crippen LogP contribution in [-0.2, 0) is 6.42 Å². The first-order chi connectivity index (χ1) is 9.24. The van der Waals surface area contributed by atoms with Crippen LogP contribution in [0.25, 0.3) is 10.8 Å². The molecule has 0 aliphatic carbocycles. The van der Waals surface area contributed by atoms with Gasteiger partial charge in [0, 0.05) is 10.5 Å². The summed E-state index contributed by atoms with van der Waals surface area (Å²) in [5.74, 6) is 0. The van der Waals surface area contributed by atoms with Gasteiger partial charge in [0.2, 0.25) is 5.69 Å². The van der Waals surface area contributed by atoms with Crippen molar-refractivity contribution >= 4 is 26.7 Å². The van der Waals surface area contributed by atoms with E-state index in [0.717, 1.165) is 31.2 Å². The number of nitrogens with zero attached hydrogens (tertiary/aromatic N) is 1. The monoisotopic (exact) mass is 313 g/mol. The lowest BCUT2D eigenvalue weighted by Gasteiger charge is -2.08. The Labute approximate surface area is 120 Å². The van der Waals surface area contributed by atoms with Gasteiger partial charge in [0.1, 0.15) is 0 Å². The third-order valence-electron chi connectivity index (χ3n) is 3.19. The van der Waals surface area contributed by atoms with Gasteiger partial charge < -0.3 is 5.21 Å². The minimum absolute atomic E-state index is 0.642. The number of pyridine rings is 1. The zero-order chi connectivity index (χ0) is 13.2. The molecule has 0 aliphatic rings. The summed E-state index contributed by atoms with van der Waals surface area (Å²) in [5, 5.41) is 14.1. The van der Waals surface area contributed by atoms with E-state index in [1.54, 1.807) is 6.20 Å². The van der Waals surface area contributed by atoms with Crippen LogP contribution in [0, 0.1) is 5.21 Å². The Bertz CT molecular complexity index is 725. The number of rotatable bonds is 2. The molecule has 0 bridgehead atoms. The summed E-state index contributed by atoms with van der Waals surface area (Å²) in [6, 6.07) is 17.9. The summed E-state index contributed by atoms with van der Waals surface area (Å²) in [4.78, 5) is 0. The number of hydrogen-bond donors (Lipinski definition) is 0. The third kappa shape index (κ3) is 2.47. The molecule has 0 spiro atoms. The Morgan fingerprint density at radius 2 is 1.79 bits per heavy atom. The molecule has 3 rings (SSSR count). The molecule has 0 amide bonds. The van der Waals surface area contributed by atoms with Gasteiger partial charge in [-0.05, 0) is 29.1 Å². The van der Waals surface area contributed by atoms with E-state index in [2.05, 4.69) is 15.9 Å². The van der Waals surface area contributed by atoms with Crippen LogP contribution < -0.4 is 4.73 Å². The molecular weight excluding hydrogens is 302 g/mol. The second-order valence-electron chi connectivity index (χ2n) is 4.48. The van der Waals surface area contributed by atoms with E-state index < -0.39 is 0 Å². The van der Waals surface area contributed by atoms with Gasteiger partial charge >= 0.3 is 0 Å². The quantitative estimate of drug-likeness (QED) is 0.522. The van der Waals surface area contributed by atoms with E-state index in [-0.39, 0.29) is 0 Å². The van der Waals surface area contributed by atoms with Gasteiger partial charge in [-0.1, -0.05) is 46.3 Å². The maximum atomic E-state index is 12.0. The second kappa shape index (κ2) is 5.02. The fourth-order valence-electron chi connectivity index (χ4n) is 2.25. The molecule has 1 heterocycles. The third-order valence-corrected chi connectivity index (χ3v) is 3.69. The smallest absolute Gasteiger partial charge is 0.204 e. The average Bonchev–Trinajstić information content (AvgIpc) is 2.43. The number of fused-ring (bicyclic) bond motifs is 1. The molecule has 94 valence electrons. The van der Waals surface area contributed by atoms with E-state index in [1.807, 2.05) is 54.6 Å². The van der Waals surface area contributed by atoms with Crippen LogP contribution in [0.4, 0.5) is 0 Å². The van der Waals surface area contributed by atoms with Crippen LogP contribution >= 0.6 is 15.9 Å². The van der Waals surface area contributed by atoms with Crippen molar-refractivity contribution in [3.8, 4) is 0 Å². The molecule has 0 saturated carbocycles. The maximum Gasteiger partial charge on any atom is 0.204 e. The van der Waals surface area contributed by atoms with Gasteiger partial charge in [0.15, 0.2) is 6.20 Å². The fourth-order valence-corrected chi connectivity index (χ4v) is 2.63. The molecule has 3 heteroatoms. The van der Waals surface area contributed by atoms with Crippen molar-refractivity contribution in [2.24, 2.45) is 0 Å². The fraction of sp³-hybridized carbons (Fsp3) is 0.0625. The summed E-state index contributed by atoms with van der Waals surface area (Å²) in [6.45, 7) is 0. The van der Waals surface area contributed by atoms with Crippen LogP contribution in [0.3, 0.4) is 0 Å². The Hall–Kier alpha value is -1.87. The van der Waals surface area contributed by atoms with E-state index in [9.17, 15) is 5.21 Å². The summed E-state index contributed by atoms with van der Waals surface area (Å²) >= 11 is 3.46. The van der Waals surface area contributed by atoms with Gasteiger partial charge in [-0.15, -0.1) is 0 Å². The summed E-state index contributed by atoms with van der Waals surface area (Å²) in [7, 11) is 0.